The molecule has 1 aliphatic heterocycles. The third-order valence-corrected chi connectivity index (χ3v) is 4.84. The minimum atomic E-state index is -0.446. The average Bonchev–Trinajstić information content (AvgIpc) is 2.75. The minimum Gasteiger partial charge on any atom is -0.399 e. The summed E-state index contributed by atoms with van der Waals surface area (Å²) in [6.07, 6.45) is 4.91. The monoisotopic (exact) mass is 354 g/mol. The van der Waals surface area contributed by atoms with E-state index in [4.69, 9.17) is 9.31 Å². The van der Waals surface area contributed by atoms with E-state index in [-0.39, 0.29) is 5.91 Å². The lowest BCUT2D eigenvalue weighted by atomic mass is 9.76. The summed E-state index contributed by atoms with van der Waals surface area (Å²) in [6, 6.07) is 5.48. The highest BCUT2D eigenvalue weighted by Crippen LogP contribution is 2.36. The third-order valence-electron chi connectivity index (χ3n) is 4.84. The van der Waals surface area contributed by atoms with Crippen LogP contribution in [0.25, 0.3) is 0 Å². The van der Waals surface area contributed by atoms with Gasteiger partial charge in [0.05, 0.1) is 11.2 Å². The van der Waals surface area contributed by atoms with Gasteiger partial charge in [-0.25, -0.2) is 4.99 Å². The third kappa shape index (κ3) is 4.14. The van der Waals surface area contributed by atoms with E-state index in [2.05, 4.69) is 16.9 Å². The van der Waals surface area contributed by atoms with E-state index in [0.717, 1.165) is 11.0 Å². The molecule has 1 saturated heterocycles. The molecule has 1 fully saturated rings. The highest BCUT2D eigenvalue weighted by atomic mass is 16.7. The summed E-state index contributed by atoms with van der Waals surface area (Å²) < 4.78 is 12.2. The fraction of sp³-hybridized carbons (Fsp3) is 0.400. The summed E-state index contributed by atoms with van der Waals surface area (Å²) >= 11 is 0. The zero-order chi connectivity index (χ0) is 19.5. The van der Waals surface area contributed by atoms with Crippen LogP contribution in [0.3, 0.4) is 0 Å². The van der Waals surface area contributed by atoms with Gasteiger partial charge in [0.2, 0.25) is 0 Å². The van der Waals surface area contributed by atoms with Crippen LogP contribution in [0.5, 0.6) is 0 Å². The topological polar surface area (TPSA) is 59.9 Å². The molecule has 0 radical (unpaired) electrons. The van der Waals surface area contributed by atoms with Crippen LogP contribution in [0.1, 0.15) is 50.5 Å². The number of amidine groups is 1. The SMILES string of the molecule is C=CN=C(/C=C\C)NC(=O)c1ccc(B2OC(C)(C)C(C)(C)O2)c(C)c1. The number of aliphatic imine (C=N–C) groups is 1. The number of aryl methyl sites for hydroxylation is 1. The normalized spacial score (nSPS) is 19.0. The van der Waals surface area contributed by atoms with Crippen LogP contribution in [0.4, 0.5) is 0 Å². The number of carbonyl (C=O) groups excluding carboxylic acids is 1. The zero-order valence-corrected chi connectivity index (χ0v) is 16.4. The second kappa shape index (κ2) is 7.60. The van der Waals surface area contributed by atoms with E-state index in [1.165, 1.54) is 6.20 Å². The lowest BCUT2D eigenvalue weighted by molar-refractivity contribution is 0.00578. The first kappa shape index (κ1) is 20.1. The van der Waals surface area contributed by atoms with Gasteiger partial charge in [-0.2, -0.15) is 0 Å². The molecule has 1 N–H and O–H groups in total. The molecule has 5 nitrogen and oxygen atoms in total. The molecule has 0 spiro atoms. The van der Waals surface area contributed by atoms with Crippen LogP contribution in [-0.4, -0.2) is 30.1 Å². The van der Waals surface area contributed by atoms with Gasteiger partial charge in [-0.15, -0.1) is 0 Å². The Labute approximate surface area is 156 Å². The second-order valence-electron chi connectivity index (χ2n) is 7.31. The van der Waals surface area contributed by atoms with Gasteiger partial charge in [-0.3, -0.25) is 4.79 Å². The number of hydrogen-bond donors (Lipinski definition) is 1. The number of amides is 1. The Hall–Kier alpha value is -2.18. The van der Waals surface area contributed by atoms with Crippen LogP contribution in [0, 0.1) is 6.92 Å². The van der Waals surface area contributed by atoms with E-state index in [1.54, 1.807) is 18.2 Å². The van der Waals surface area contributed by atoms with Gasteiger partial charge in [0.15, 0.2) is 0 Å². The van der Waals surface area contributed by atoms with E-state index in [0.29, 0.717) is 11.4 Å². The van der Waals surface area contributed by atoms with Gasteiger partial charge in [0.25, 0.3) is 5.91 Å². The van der Waals surface area contributed by atoms with Crippen molar-refractivity contribution in [3.8, 4) is 0 Å². The number of allylic oxidation sites excluding steroid dienone is 1. The molecule has 0 aliphatic carbocycles. The maximum absolute atomic E-state index is 12.5. The van der Waals surface area contributed by atoms with Gasteiger partial charge in [-0.05, 0) is 65.2 Å². The van der Waals surface area contributed by atoms with Crippen molar-refractivity contribution < 1.29 is 14.1 Å². The highest BCUT2D eigenvalue weighted by molar-refractivity contribution is 6.62. The van der Waals surface area contributed by atoms with Gasteiger partial charge in [0.1, 0.15) is 5.84 Å². The molecule has 1 aromatic carbocycles. The van der Waals surface area contributed by atoms with Gasteiger partial charge >= 0.3 is 7.12 Å². The van der Waals surface area contributed by atoms with Crippen LogP contribution in [0.2, 0.25) is 0 Å². The molecule has 1 aliphatic rings. The lowest BCUT2D eigenvalue weighted by Crippen LogP contribution is -2.41. The molecule has 0 atom stereocenters. The van der Waals surface area contributed by atoms with Crippen molar-refractivity contribution in [3.63, 3.8) is 0 Å². The number of carbonyl (C=O) groups is 1. The molecule has 0 bridgehead atoms. The van der Waals surface area contributed by atoms with Gasteiger partial charge in [-0.1, -0.05) is 24.3 Å². The van der Waals surface area contributed by atoms with Crippen molar-refractivity contribution in [1.82, 2.24) is 5.32 Å². The molecule has 1 heterocycles. The smallest absolute Gasteiger partial charge is 0.399 e. The van der Waals surface area contributed by atoms with Gasteiger partial charge in [0, 0.05) is 11.8 Å². The number of nitrogens with zero attached hydrogens (tertiary/aromatic N) is 1. The maximum atomic E-state index is 12.5. The molecule has 138 valence electrons. The number of rotatable bonds is 4. The van der Waals surface area contributed by atoms with E-state index < -0.39 is 18.3 Å². The lowest BCUT2D eigenvalue weighted by Gasteiger charge is -2.32. The summed E-state index contributed by atoms with van der Waals surface area (Å²) in [6.45, 7) is 15.4. The van der Waals surface area contributed by atoms with Crippen molar-refractivity contribution in [2.75, 3.05) is 0 Å². The van der Waals surface area contributed by atoms with Crippen LogP contribution >= 0.6 is 0 Å². The van der Waals surface area contributed by atoms with E-state index >= 15 is 0 Å². The molecule has 1 amide bonds. The van der Waals surface area contributed by atoms with Crippen LogP contribution < -0.4 is 10.8 Å². The Morgan fingerprint density at radius 1 is 1.23 bits per heavy atom. The first-order chi connectivity index (χ1) is 12.1. The van der Waals surface area contributed by atoms with Crippen LogP contribution in [-0.2, 0) is 9.31 Å². The molecule has 6 heteroatoms. The van der Waals surface area contributed by atoms with Crippen molar-refractivity contribution in [1.29, 1.82) is 0 Å². The average molecular weight is 354 g/mol. The van der Waals surface area contributed by atoms with Crippen molar-refractivity contribution in [2.24, 2.45) is 4.99 Å². The zero-order valence-electron chi connectivity index (χ0n) is 16.4. The number of benzene rings is 1. The second-order valence-corrected chi connectivity index (χ2v) is 7.31. The maximum Gasteiger partial charge on any atom is 0.495 e. The highest BCUT2D eigenvalue weighted by Gasteiger charge is 2.52. The molecular weight excluding hydrogens is 327 g/mol. The first-order valence-corrected chi connectivity index (χ1v) is 8.70. The van der Waals surface area contributed by atoms with Crippen molar-refractivity contribution in [3.05, 3.63) is 54.3 Å². The summed E-state index contributed by atoms with van der Waals surface area (Å²) in [4.78, 5) is 16.5. The Bertz CT molecular complexity index is 750. The standard InChI is InChI=1S/C20H27BN2O3/c1-8-10-17(22-9-2)23-18(24)15-11-12-16(14(3)13-15)21-25-19(4,5)20(6,7)26-21/h8-13H,2H2,1,3-7H3,(H,22,23,24)/b10-8-. The largest absolute Gasteiger partial charge is 0.495 e. The minimum absolute atomic E-state index is 0.229. The van der Waals surface area contributed by atoms with Crippen molar-refractivity contribution in [2.45, 2.75) is 52.7 Å². The number of hydrogen-bond acceptors (Lipinski definition) is 4. The Morgan fingerprint density at radius 3 is 2.35 bits per heavy atom. The molecule has 2 rings (SSSR count). The Morgan fingerprint density at radius 2 is 1.85 bits per heavy atom. The molecular formula is C20H27BN2O3. The predicted molar refractivity (Wildman–Crippen MR) is 107 cm³/mol. The fourth-order valence-corrected chi connectivity index (χ4v) is 2.61. The van der Waals surface area contributed by atoms with Crippen molar-refractivity contribution >= 4 is 24.3 Å². The predicted octanol–water partition coefficient (Wildman–Crippen LogP) is 3.14. The summed E-state index contributed by atoms with van der Waals surface area (Å²) in [5, 5.41) is 2.77. The molecule has 0 saturated carbocycles. The molecule has 0 unspecified atom stereocenters. The molecule has 26 heavy (non-hydrogen) atoms. The molecule has 0 aromatic heterocycles. The van der Waals surface area contributed by atoms with Crippen LogP contribution in [0.15, 0.2) is 48.1 Å². The summed E-state index contributed by atoms with van der Waals surface area (Å²) in [5.41, 5.74) is 1.60. The summed E-state index contributed by atoms with van der Waals surface area (Å²) in [7, 11) is -0.446. The molecule has 1 aromatic rings. The Balaban J connectivity index is 2.21. The summed E-state index contributed by atoms with van der Waals surface area (Å²) in [5.74, 6) is 0.215. The van der Waals surface area contributed by atoms with Gasteiger partial charge < -0.3 is 14.6 Å². The number of nitrogens with one attached hydrogen (secondary N) is 1. The van der Waals surface area contributed by atoms with E-state index in [1.807, 2.05) is 53.7 Å². The van der Waals surface area contributed by atoms with E-state index in [9.17, 15) is 4.79 Å². The quantitative estimate of drug-likeness (QED) is 0.513. The fourth-order valence-electron chi connectivity index (χ4n) is 2.61. The Kier molecular flexibility index (Phi) is 5.89. The first-order valence-electron chi connectivity index (χ1n) is 8.70.